The predicted molar refractivity (Wildman–Crippen MR) is 134 cm³/mol. The van der Waals surface area contributed by atoms with Crippen LogP contribution in [0, 0.1) is 19.8 Å². The van der Waals surface area contributed by atoms with Gasteiger partial charge in [-0.25, -0.2) is 12.7 Å². The monoisotopic (exact) mass is 499 g/mol. The van der Waals surface area contributed by atoms with Gasteiger partial charge in [-0.2, -0.15) is 0 Å². The van der Waals surface area contributed by atoms with Crippen LogP contribution in [0.25, 0.3) is 0 Å². The van der Waals surface area contributed by atoms with Crippen molar-refractivity contribution in [3.63, 3.8) is 0 Å². The van der Waals surface area contributed by atoms with E-state index in [0.29, 0.717) is 13.0 Å². The third-order valence-electron chi connectivity index (χ3n) is 6.48. The molecule has 2 aromatic rings. The van der Waals surface area contributed by atoms with Crippen molar-refractivity contribution in [2.75, 3.05) is 41.3 Å². The molecule has 3 rings (SSSR count). The lowest BCUT2D eigenvalue weighted by Crippen LogP contribution is -2.33. The Hall–Kier alpha value is -2.88. The van der Waals surface area contributed by atoms with E-state index in [1.165, 1.54) is 43.3 Å². The van der Waals surface area contributed by atoms with Crippen LogP contribution in [0.4, 0.5) is 0 Å². The van der Waals surface area contributed by atoms with Crippen LogP contribution in [0.1, 0.15) is 39.5 Å². The number of nitrogens with zero attached hydrogens (tertiary/aromatic N) is 3. The first-order valence-corrected chi connectivity index (χ1v) is 12.9. The third-order valence-corrected chi connectivity index (χ3v) is 8.31. The summed E-state index contributed by atoms with van der Waals surface area (Å²) in [4.78, 5) is 43.4. The average Bonchev–Trinajstić information content (AvgIpc) is 3.05. The Balaban J connectivity index is 2.01. The average molecular weight is 500 g/mol. The van der Waals surface area contributed by atoms with E-state index in [-0.39, 0.29) is 10.5 Å². The van der Waals surface area contributed by atoms with Crippen molar-refractivity contribution in [2.45, 2.75) is 31.2 Å². The number of hydrogen-bond acceptors (Lipinski definition) is 6. The number of Topliss-reactive ketones (excluding diaryl/α,β-unsaturated/α-hetero) is 2. The van der Waals surface area contributed by atoms with Crippen LogP contribution in [-0.4, -0.2) is 81.3 Å². The minimum atomic E-state index is -3.66. The van der Waals surface area contributed by atoms with E-state index in [0.717, 1.165) is 27.5 Å². The van der Waals surface area contributed by atoms with Crippen molar-refractivity contribution in [3.8, 4) is 0 Å². The maximum absolute atomic E-state index is 13.6. The topological polar surface area (TPSA) is 95.1 Å². The summed E-state index contributed by atoms with van der Waals surface area (Å²) in [6.07, 6.45) is 0.658. The summed E-state index contributed by atoms with van der Waals surface area (Å²) in [5.41, 5.74) is 3.01. The smallest absolute Gasteiger partial charge is 0.291 e. The molecule has 0 bridgehead atoms. The normalized spacial score (nSPS) is 18.7. The summed E-state index contributed by atoms with van der Waals surface area (Å²) in [6.45, 7) is 5.02. The minimum absolute atomic E-state index is 0.0453. The lowest BCUT2D eigenvalue weighted by molar-refractivity contribution is -0.140. The molecule has 9 heteroatoms. The zero-order valence-electron chi connectivity index (χ0n) is 21.1. The molecule has 0 N–H and O–H groups in total. The van der Waals surface area contributed by atoms with E-state index in [4.69, 9.17) is 0 Å². The first-order valence-electron chi connectivity index (χ1n) is 11.5. The van der Waals surface area contributed by atoms with E-state index in [1.807, 2.05) is 51.0 Å². The molecular weight excluding hydrogens is 466 g/mol. The van der Waals surface area contributed by atoms with Crippen LogP contribution in [0.3, 0.4) is 0 Å². The van der Waals surface area contributed by atoms with E-state index < -0.39 is 39.5 Å². The number of rotatable bonds is 9. The lowest BCUT2D eigenvalue weighted by Gasteiger charge is -2.28. The molecular formula is C26H33N3O5S. The molecule has 1 amide bonds. The number of hydrogen-bond donors (Lipinski definition) is 0. The van der Waals surface area contributed by atoms with Crippen molar-refractivity contribution in [1.82, 2.24) is 14.1 Å². The van der Waals surface area contributed by atoms with Crippen LogP contribution in [0.2, 0.25) is 0 Å². The number of sulfonamides is 1. The molecule has 1 fully saturated rings. The number of benzene rings is 2. The van der Waals surface area contributed by atoms with Gasteiger partial charge in [-0.15, -0.1) is 0 Å². The Bertz CT molecular complexity index is 1240. The van der Waals surface area contributed by atoms with Crippen molar-refractivity contribution in [3.05, 3.63) is 64.7 Å². The second-order valence-corrected chi connectivity index (χ2v) is 11.6. The Kier molecular flexibility index (Phi) is 7.93. The van der Waals surface area contributed by atoms with Gasteiger partial charge in [0.1, 0.15) is 5.92 Å². The fourth-order valence-corrected chi connectivity index (χ4v) is 5.19. The van der Waals surface area contributed by atoms with Gasteiger partial charge in [0.25, 0.3) is 5.91 Å². The van der Waals surface area contributed by atoms with Crippen LogP contribution >= 0.6 is 0 Å². The molecule has 0 radical (unpaired) electrons. The second-order valence-electron chi connectivity index (χ2n) is 9.46. The molecule has 2 aromatic carbocycles. The molecule has 0 aliphatic carbocycles. The van der Waals surface area contributed by atoms with E-state index >= 15 is 0 Å². The Morgan fingerprint density at radius 1 is 0.943 bits per heavy atom. The highest BCUT2D eigenvalue weighted by Gasteiger charge is 2.51. The van der Waals surface area contributed by atoms with Crippen LogP contribution in [0.15, 0.2) is 47.4 Å². The van der Waals surface area contributed by atoms with Crippen molar-refractivity contribution < 1.29 is 22.8 Å². The van der Waals surface area contributed by atoms with Gasteiger partial charge in [0.15, 0.2) is 5.78 Å². The molecule has 2 unspecified atom stereocenters. The zero-order chi connectivity index (χ0) is 26.1. The Morgan fingerprint density at radius 3 is 2.11 bits per heavy atom. The van der Waals surface area contributed by atoms with Gasteiger partial charge in [-0.05, 0) is 69.7 Å². The minimum Gasteiger partial charge on any atom is -0.328 e. The predicted octanol–water partition coefficient (Wildman–Crippen LogP) is 2.46. The van der Waals surface area contributed by atoms with Gasteiger partial charge in [0, 0.05) is 26.2 Å². The van der Waals surface area contributed by atoms with Crippen LogP contribution in [-0.2, 0) is 19.6 Å². The molecule has 188 valence electrons. The molecule has 8 nitrogen and oxygen atoms in total. The summed E-state index contributed by atoms with van der Waals surface area (Å²) in [5.74, 6) is -3.07. The van der Waals surface area contributed by atoms with Gasteiger partial charge >= 0.3 is 0 Å². The zero-order valence-corrected chi connectivity index (χ0v) is 21.9. The highest BCUT2D eigenvalue weighted by molar-refractivity contribution is 7.89. The molecule has 0 aromatic heterocycles. The molecule has 35 heavy (non-hydrogen) atoms. The SMILES string of the molecule is Cc1ccc(C2C(C(=O)c3ccc(S(=O)(=O)N(C)C)cc3)C(=O)C(=O)N2CCCN(C)C)cc1C. The summed E-state index contributed by atoms with van der Waals surface area (Å²) in [6, 6.07) is 10.5. The van der Waals surface area contributed by atoms with E-state index in [9.17, 15) is 22.8 Å². The molecule has 1 aliphatic rings. The number of likely N-dealkylation sites (tertiary alicyclic amines) is 1. The summed E-state index contributed by atoms with van der Waals surface area (Å²) in [7, 11) is 3.07. The van der Waals surface area contributed by atoms with Gasteiger partial charge in [0.05, 0.1) is 10.9 Å². The molecule has 2 atom stereocenters. The highest BCUT2D eigenvalue weighted by Crippen LogP contribution is 2.39. The largest absolute Gasteiger partial charge is 0.328 e. The molecule has 1 aliphatic heterocycles. The fraction of sp³-hybridized carbons (Fsp3) is 0.423. The van der Waals surface area contributed by atoms with Crippen LogP contribution in [0.5, 0.6) is 0 Å². The maximum Gasteiger partial charge on any atom is 0.291 e. The maximum atomic E-state index is 13.6. The quantitative estimate of drug-likeness (QED) is 0.299. The summed E-state index contributed by atoms with van der Waals surface area (Å²) >= 11 is 0. The standard InChI is InChI=1S/C26H33N3O5S/c1-17-8-9-20(16-18(17)2)23-22(25(31)26(32)29(23)15-7-14-27(3)4)24(30)19-10-12-21(13-11-19)35(33,34)28(5)6/h8-13,16,22-23H,7,14-15H2,1-6H3. The Morgan fingerprint density at radius 2 is 1.57 bits per heavy atom. The van der Waals surface area contributed by atoms with Crippen molar-refractivity contribution >= 4 is 27.5 Å². The van der Waals surface area contributed by atoms with Gasteiger partial charge in [-0.3, -0.25) is 14.4 Å². The number of amides is 1. The highest BCUT2D eigenvalue weighted by atomic mass is 32.2. The fourth-order valence-electron chi connectivity index (χ4n) is 4.29. The van der Waals surface area contributed by atoms with Crippen molar-refractivity contribution in [2.24, 2.45) is 5.92 Å². The summed E-state index contributed by atoms with van der Waals surface area (Å²) < 4.78 is 25.9. The number of carbonyl (C=O) groups is 3. The van der Waals surface area contributed by atoms with Crippen LogP contribution < -0.4 is 0 Å². The van der Waals surface area contributed by atoms with Gasteiger partial charge < -0.3 is 9.80 Å². The molecule has 1 saturated heterocycles. The van der Waals surface area contributed by atoms with E-state index in [1.54, 1.807) is 0 Å². The molecule has 0 spiro atoms. The first kappa shape index (κ1) is 26.7. The Labute approximate surface area is 207 Å². The molecule has 0 saturated carbocycles. The third kappa shape index (κ3) is 5.37. The second kappa shape index (κ2) is 10.4. The summed E-state index contributed by atoms with van der Waals surface area (Å²) in [5, 5.41) is 0. The lowest BCUT2D eigenvalue weighted by atomic mass is 9.85. The van der Waals surface area contributed by atoms with E-state index in [2.05, 4.69) is 0 Å². The van der Waals surface area contributed by atoms with Gasteiger partial charge in [-0.1, -0.05) is 30.3 Å². The molecule has 1 heterocycles. The number of carbonyl (C=O) groups excluding carboxylic acids is 3. The first-order chi connectivity index (χ1) is 16.4. The number of aryl methyl sites for hydroxylation is 2. The van der Waals surface area contributed by atoms with Crippen molar-refractivity contribution in [1.29, 1.82) is 0 Å². The van der Waals surface area contributed by atoms with Gasteiger partial charge in [0.2, 0.25) is 15.8 Å². The number of ketones is 2.